The highest BCUT2D eigenvalue weighted by Gasteiger charge is 2.26. The molecule has 3 aromatic rings. The Morgan fingerprint density at radius 3 is 2.32 bits per heavy atom. The van der Waals surface area contributed by atoms with E-state index in [0.717, 1.165) is 75.1 Å². The van der Waals surface area contributed by atoms with Gasteiger partial charge in [-0.15, -0.1) is 10.2 Å². The number of morpholine rings is 1. The van der Waals surface area contributed by atoms with Gasteiger partial charge in [0.1, 0.15) is 0 Å². The standard InChI is InChI=1S/C28H35N7O2/c1-33(2)25-5-3-4-23(20-25)29-26-10-11-27(32-31-26)35-14-12-21(13-15-35)28(36)30-22-6-8-24(9-7-22)34-16-18-37-19-17-34/h3-11,20-21H,12-19H2,1-2H3,(H,29,31)(H,30,36). The Balaban J connectivity index is 1.10. The summed E-state index contributed by atoms with van der Waals surface area (Å²) in [6, 6.07) is 20.2. The zero-order valence-electron chi connectivity index (χ0n) is 21.6. The summed E-state index contributed by atoms with van der Waals surface area (Å²) in [5, 5.41) is 15.2. The maximum Gasteiger partial charge on any atom is 0.227 e. The van der Waals surface area contributed by atoms with Crippen molar-refractivity contribution in [3.63, 3.8) is 0 Å². The monoisotopic (exact) mass is 501 g/mol. The second-order valence-electron chi connectivity index (χ2n) is 9.74. The Hall–Kier alpha value is -3.85. The van der Waals surface area contributed by atoms with Crippen LogP contribution in [0.2, 0.25) is 0 Å². The van der Waals surface area contributed by atoms with E-state index in [0.29, 0.717) is 5.82 Å². The molecule has 0 saturated carbocycles. The van der Waals surface area contributed by atoms with E-state index in [-0.39, 0.29) is 11.8 Å². The van der Waals surface area contributed by atoms with Crippen LogP contribution in [-0.2, 0) is 9.53 Å². The summed E-state index contributed by atoms with van der Waals surface area (Å²) >= 11 is 0. The number of carbonyl (C=O) groups excluding carboxylic acids is 1. The summed E-state index contributed by atoms with van der Waals surface area (Å²) in [6.45, 7) is 4.88. The maximum absolute atomic E-state index is 12.9. The zero-order chi connectivity index (χ0) is 25.6. The molecule has 9 heteroatoms. The van der Waals surface area contributed by atoms with Crippen LogP contribution >= 0.6 is 0 Å². The smallest absolute Gasteiger partial charge is 0.227 e. The Bertz CT molecular complexity index is 1170. The predicted octanol–water partition coefficient (Wildman–Crippen LogP) is 3.98. The molecule has 0 aliphatic carbocycles. The molecule has 3 heterocycles. The lowest BCUT2D eigenvalue weighted by molar-refractivity contribution is -0.120. The largest absolute Gasteiger partial charge is 0.378 e. The van der Waals surface area contributed by atoms with E-state index < -0.39 is 0 Å². The van der Waals surface area contributed by atoms with Crippen LogP contribution < -0.4 is 25.3 Å². The Morgan fingerprint density at radius 1 is 0.892 bits per heavy atom. The molecule has 2 N–H and O–H groups in total. The lowest BCUT2D eigenvalue weighted by atomic mass is 9.96. The number of nitrogens with zero attached hydrogens (tertiary/aromatic N) is 5. The minimum atomic E-state index is -0.00644. The van der Waals surface area contributed by atoms with E-state index in [2.05, 4.69) is 59.8 Å². The molecular weight excluding hydrogens is 466 g/mol. The molecule has 2 aromatic carbocycles. The third kappa shape index (κ3) is 6.29. The molecule has 37 heavy (non-hydrogen) atoms. The van der Waals surface area contributed by atoms with Crippen LogP contribution in [0, 0.1) is 5.92 Å². The second kappa shape index (κ2) is 11.5. The zero-order valence-corrected chi connectivity index (χ0v) is 21.6. The van der Waals surface area contributed by atoms with Gasteiger partial charge in [-0.25, -0.2) is 0 Å². The fourth-order valence-corrected chi connectivity index (χ4v) is 4.76. The quantitative estimate of drug-likeness (QED) is 0.503. The third-order valence-electron chi connectivity index (χ3n) is 6.99. The summed E-state index contributed by atoms with van der Waals surface area (Å²) in [7, 11) is 4.04. The number of anilines is 6. The number of hydrogen-bond donors (Lipinski definition) is 2. The van der Waals surface area contributed by atoms with E-state index >= 15 is 0 Å². The van der Waals surface area contributed by atoms with Gasteiger partial charge in [0.25, 0.3) is 0 Å². The molecule has 194 valence electrons. The maximum atomic E-state index is 12.9. The fourth-order valence-electron chi connectivity index (χ4n) is 4.76. The fraction of sp³-hybridized carbons (Fsp3) is 0.393. The highest BCUT2D eigenvalue weighted by Crippen LogP contribution is 2.26. The number of carbonyl (C=O) groups is 1. The van der Waals surface area contributed by atoms with Crippen molar-refractivity contribution in [3.05, 3.63) is 60.7 Å². The van der Waals surface area contributed by atoms with Crippen LogP contribution in [0.1, 0.15) is 12.8 Å². The van der Waals surface area contributed by atoms with Gasteiger partial charge in [0.2, 0.25) is 5.91 Å². The summed E-state index contributed by atoms with van der Waals surface area (Å²) < 4.78 is 5.42. The lowest BCUT2D eigenvalue weighted by Gasteiger charge is -2.32. The van der Waals surface area contributed by atoms with Crippen molar-refractivity contribution in [2.45, 2.75) is 12.8 Å². The normalized spacial score (nSPS) is 16.4. The van der Waals surface area contributed by atoms with Crippen LogP contribution in [0.4, 0.5) is 34.4 Å². The third-order valence-corrected chi connectivity index (χ3v) is 6.99. The van der Waals surface area contributed by atoms with Gasteiger partial charge in [-0.1, -0.05) is 6.07 Å². The number of amides is 1. The van der Waals surface area contributed by atoms with E-state index in [4.69, 9.17) is 4.74 Å². The molecule has 0 radical (unpaired) electrons. The van der Waals surface area contributed by atoms with Crippen LogP contribution in [0.3, 0.4) is 0 Å². The molecular formula is C28H35N7O2. The van der Waals surface area contributed by atoms with Crippen LogP contribution in [-0.4, -0.2) is 69.6 Å². The average molecular weight is 502 g/mol. The van der Waals surface area contributed by atoms with Crippen molar-refractivity contribution in [2.24, 2.45) is 5.92 Å². The first-order chi connectivity index (χ1) is 18.0. The van der Waals surface area contributed by atoms with Gasteiger partial charge in [-0.2, -0.15) is 0 Å². The Kier molecular flexibility index (Phi) is 7.70. The first-order valence-electron chi connectivity index (χ1n) is 12.9. The molecule has 1 aromatic heterocycles. The van der Waals surface area contributed by atoms with Gasteiger partial charge in [0, 0.05) is 68.9 Å². The average Bonchev–Trinajstić information content (AvgIpc) is 2.94. The van der Waals surface area contributed by atoms with Crippen molar-refractivity contribution in [3.8, 4) is 0 Å². The van der Waals surface area contributed by atoms with Gasteiger partial charge in [-0.05, 0) is 67.4 Å². The molecule has 0 bridgehead atoms. The van der Waals surface area contributed by atoms with Gasteiger partial charge in [-0.3, -0.25) is 4.79 Å². The molecule has 0 spiro atoms. The van der Waals surface area contributed by atoms with Gasteiger partial charge in [0.15, 0.2) is 11.6 Å². The number of ether oxygens (including phenoxy) is 1. The molecule has 9 nitrogen and oxygen atoms in total. The minimum absolute atomic E-state index is 0.00644. The first-order valence-corrected chi connectivity index (χ1v) is 12.9. The van der Waals surface area contributed by atoms with Crippen molar-refractivity contribution in [2.75, 3.05) is 78.8 Å². The second-order valence-corrected chi connectivity index (χ2v) is 9.74. The summed E-state index contributed by atoms with van der Waals surface area (Å²) in [6.07, 6.45) is 1.58. The van der Waals surface area contributed by atoms with Crippen molar-refractivity contribution >= 4 is 40.3 Å². The summed E-state index contributed by atoms with van der Waals surface area (Å²) in [5.74, 6) is 1.62. The van der Waals surface area contributed by atoms with Gasteiger partial charge in [0.05, 0.1) is 13.2 Å². The SMILES string of the molecule is CN(C)c1cccc(Nc2ccc(N3CCC(C(=O)Nc4ccc(N5CCOCC5)cc4)CC3)nn2)c1. The number of benzene rings is 2. The number of nitrogens with one attached hydrogen (secondary N) is 2. The lowest BCUT2D eigenvalue weighted by Crippen LogP contribution is -2.38. The summed E-state index contributed by atoms with van der Waals surface area (Å²) in [5.41, 5.74) is 4.09. The summed E-state index contributed by atoms with van der Waals surface area (Å²) in [4.78, 5) is 19.5. The Morgan fingerprint density at radius 2 is 1.65 bits per heavy atom. The number of aromatic nitrogens is 2. The molecule has 0 atom stereocenters. The van der Waals surface area contributed by atoms with E-state index in [1.165, 1.54) is 5.69 Å². The van der Waals surface area contributed by atoms with Crippen molar-refractivity contribution in [1.82, 2.24) is 10.2 Å². The topological polar surface area (TPSA) is 85.9 Å². The predicted molar refractivity (Wildman–Crippen MR) is 149 cm³/mol. The van der Waals surface area contributed by atoms with Crippen LogP contribution in [0.5, 0.6) is 0 Å². The minimum Gasteiger partial charge on any atom is -0.378 e. The highest BCUT2D eigenvalue weighted by atomic mass is 16.5. The molecule has 2 saturated heterocycles. The molecule has 2 aliphatic heterocycles. The highest BCUT2D eigenvalue weighted by molar-refractivity contribution is 5.92. The Labute approximate surface area is 218 Å². The molecule has 1 amide bonds. The number of hydrogen-bond acceptors (Lipinski definition) is 8. The van der Waals surface area contributed by atoms with Crippen LogP contribution in [0.25, 0.3) is 0 Å². The van der Waals surface area contributed by atoms with E-state index in [9.17, 15) is 4.79 Å². The molecule has 2 fully saturated rings. The van der Waals surface area contributed by atoms with E-state index in [1.807, 2.05) is 50.5 Å². The number of rotatable bonds is 7. The van der Waals surface area contributed by atoms with Gasteiger partial charge >= 0.3 is 0 Å². The van der Waals surface area contributed by atoms with Crippen LogP contribution in [0.15, 0.2) is 60.7 Å². The molecule has 5 rings (SSSR count). The van der Waals surface area contributed by atoms with Crippen molar-refractivity contribution in [1.29, 1.82) is 0 Å². The van der Waals surface area contributed by atoms with E-state index in [1.54, 1.807) is 0 Å². The molecule has 2 aliphatic rings. The molecule has 0 unspecified atom stereocenters. The number of piperidine rings is 1. The first kappa shape index (κ1) is 24.8. The van der Waals surface area contributed by atoms with Crippen molar-refractivity contribution < 1.29 is 9.53 Å². The van der Waals surface area contributed by atoms with Gasteiger partial charge < -0.3 is 30.1 Å².